The van der Waals surface area contributed by atoms with Gasteiger partial charge in [-0.05, 0) is 27.2 Å². The van der Waals surface area contributed by atoms with Crippen LogP contribution in [0.2, 0.25) is 0 Å². The maximum atomic E-state index is 12.6. The van der Waals surface area contributed by atoms with E-state index in [0.717, 1.165) is 6.42 Å². The fourth-order valence-electron chi connectivity index (χ4n) is 2.20. The summed E-state index contributed by atoms with van der Waals surface area (Å²) >= 11 is 0. The Morgan fingerprint density at radius 3 is 2.35 bits per heavy atom. The molecule has 0 saturated heterocycles. The largest absolute Gasteiger partial charge is 0.478 e. The van der Waals surface area contributed by atoms with Gasteiger partial charge < -0.3 is 9.52 Å². The summed E-state index contributed by atoms with van der Waals surface area (Å²) in [7, 11) is -2.43. The van der Waals surface area contributed by atoms with E-state index in [4.69, 9.17) is 4.42 Å². The molecule has 0 aliphatic carbocycles. The van der Waals surface area contributed by atoms with E-state index >= 15 is 0 Å². The van der Waals surface area contributed by atoms with E-state index in [2.05, 4.69) is 0 Å². The Kier molecular flexibility index (Phi) is 4.99. The molecule has 6 nitrogen and oxygen atoms in total. The van der Waals surface area contributed by atoms with Gasteiger partial charge in [0.25, 0.3) is 0 Å². The van der Waals surface area contributed by atoms with Crippen molar-refractivity contribution < 1.29 is 22.7 Å². The molecule has 0 aromatic carbocycles. The van der Waals surface area contributed by atoms with Gasteiger partial charge in [-0.2, -0.15) is 4.31 Å². The van der Waals surface area contributed by atoms with Gasteiger partial charge in [0.05, 0.1) is 0 Å². The number of aryl methyl sites for hydroxylation is 2. The highest BCUT2D eigenvalue weighted by Gasteiger charge is 2.35. The van der Waals surface area contributed by atoms with Gasteiger partial charge in [-0.3, -0.25) is 0 Å². The van der Waals surface area contributed by atoms with Crippen LogP contribution in [-0.2, 0) is 10.0 Å². The fraction of sp³-hybridized carbons (Fsp3) is 0.615. The predicted molar refractivity (Wildman–Crippen MR) is 74.5 cm³/mol. The average Bonchev–Trinajstić information content (AvgIpc) is 2.64. The van der Waals surface area contributed by atoms with Crippen molar-refractivity contribution in [3.8, 4) is 0 Å². The lowest BCUT2D eigenvalue weighted by Crippen LogP contribution is -2.35. The Morgan fingerprint density at radius 1 is 1.35 bits per heavy atom. The smallest absolute Gasteiger partial charge is 0.340 e. The van der Waals surface area contributed by atoms with E-state index < -0.39 is 16.0 Å². The second kappa shape index (κ2) is 5.97. The van der Waals surface area contributed by atoms with Gasteiger partial charge in [0, 0.05) is 13.1 Å². The molecule has 0 spiro atoms. The molecule has 1 atom stereocenters. The van der Waals surface area contributed by atoms with Gasteiger partial charge in [0.2, 0.25) is 10.0 Å². The van der Waals surface area contributed by atoms with Gasteiger partial charge in [0.15, 0.2) is 0 Å². The van der Waals surface area contributed by atoms with Gasteiger partial charge >= 0.3 is 5.97 Å². The van der Waals surface area contributed by atoms with Gasteiger partial charge in [-0.1, -0.05) is 13.3 Å². The monoisotopic (exact) mass is 303 g/mol. The molecule has 1 heterocycles. The molecule has 0 saturated carbocycles. The van der Waals surface area contributed by atoms with Crippen LogP contribution >= 0.6 is 0 Å². The molecular weight excluding hydrogens is 282 g/mol. The Hall–Kier alpha value is -1.34. The molecule has 0 radical (unpaired) electrons. The molecule has 0 amide bonds. The highest BCUT2D eigenvalue weighted by atomic mass is 32.2. The summed E-state index contributed by atoms with van der Waals surface area (Å²) in [5, 5.41) is 9.20. The summed E-state index contributed by atoms with van der Waals surface area (Å²) in [5.74, 6) is -1.09. The Bertz CT molecular complexity index is 603. The van der Waals surface area contributed by atoms with Crippen molar-refractivity contribution in [2.45, 2.75) is 51.5 Å². The third kappa shape index (κ3) is 2.88. The second-order valence-corrected chi connectivity index (χ2v) is 6.82. The van der Waals surface area contributed by atoms with Crippen molar-refractivity contribution in [2.75, 3.05) is 7.05 Å². The number of carboxylic acids is 1. The minimum Gasteiger partial charge on any atom is -0.478 e. The van der Waals surface area contributed by atoms with Crippen molar-refractivity contribution in [2.24, 2.45) is 0 Å². The summed E-state index contributed by atoms with van der Waals surface area (Å²) in [6.07, 6.45) is 1.55. The number of furan rings is 1. The molecule has 1 unspecified atom stereocenters. The van der Waals surface area contributed by atoms with Crippen LogP contribution < -0.4 is 0 Å². The molecule has 1 rings (SSSR count). The SMILES string of the molecule is CCCC(C)N(C)S(=O)(=O)c1c(C)oc(C)c1C(=O)O. The minimum atomic E-state index is -3.89. The number of hydrogen-bond donors (Lipinski definition) is 1. The van der Waals surface area contributed by atoms with Crippen LogP contribution in [0.15, 0.2) is 9.31 Å². The van der Waals surface area contributed by atoms with Crippen molar-refractivity contribution in [1.82, 2.24) is 4.31 Å². The predicted octanol–water partition coefficient (Wildman–Crippen LogP) is 2.40. The first kappa shape index (κ1) is 16.7. The molecule has 20 heavy (non-hydrogen) atoms. The van der Waals surface area contributed by atoms with E-state index in [1.807, 2.05) is 6.92 Å². The van der Waals surface area contributed by atoms with Crippen molar-refractivity contribution >= 4 is 16.0 Å². The molecule has 7 heteroatoms. The summed E-state index contributed by atoms with van der Waals surface area (Å²) < 4.78 is 31.6. The van der Waals surface area contributed by atoms with Crippen LogP contribution in [0.1, 0.15) is 48.6 Å². The average molecular weight is 303 g/mol. The zero-order valence-electron chi connectivity index (χ0n) is 12.4. The third-order valence-electron chi connectivity index (χ3n) is 3.38. The van der Waals surface area contributed by atoms with Crippen LogP contribution in [0, 0.1) is 13.8 Å². The molecule has 1 aromatic heterocycles. The quantitative estimate of drug-likeness (QED) is 0.871. The van der Waals surface area contributed by atoms with Crippen LogP contribution in [0.3, 0.4) is 0 Å². The number of rotatable bonds is 6. The van der Waals surface area contributed by atoms with Gasteiger partial charge in [-0.15, -0.1) is 0 Å². The van der Waals surface area contributed by atoms with E-state index in [1.54, 1.807) is 6.92 Å². The first-order valence-corrected chi connectivity index (χ1v) is 7.89. The first-order chi connectivity index (χ1) is 9.14. The lowest BCUT2D eigenvalue weighted by Gasteiger charge is -2.23. The molecule has 1 aromatic rings. The number of carbonyl (C=O) groups is 1. The normalized spacial score (nSPS) is 13.7. The van der Waals surface area contributed by atoms with Crippen LogP contribution in [0.4, 0.5) is 0 Å². The second-order valence-electron chi connectivity index (χ2n) is 4.88. The first-order valence-electron chi connectivity index (χ1n) is 6.45. The van der Waals surface area contributed by atoms with Crippen molar-refractivity contribution in [3.05, 3.63) is 17.1 Å². The van der Waals surface area contributed by atoms with Crippen LogP contribution in [-0.4, -0.2) is 36.9 Å². The number of sulfonamides is 1. The van der Waals surface area contributed by atoms with Crippen molar-refractivity contribution in [3.63, 3.8) is 0 Å². The van der Waals surface area contributed by atoms with Gasteiger partial charge in [0.1, 0.15) is 22.0 Å². The molecule has 0 aliphatic rings. The summed E-state index contributed by atoms with van der Waals surface area (Å²) in [6.45, 7) is 6.67. The summed E-state index contributed by atoms with van der Waals surface area (Å²) in [5.41, 5.74) is -0.280. The number of carboxylic acid groups (broad SMARTS) is 1. The number of hydrogen-bond acceptors (Lipinski definition) is 4. The topological polar surface area (TPSA) is 87.8 Å². The van der Waals surface area contributed by atoms with E-state index in [9.17, 15) is 18.3 Å². The lowest BCUT2D eigenvalue weighted by atomic mass is 10.2. The highest BCUT2D eigenvalue weighted by Crippen LogP contribution is 2.30. The van der Waals surface area contributed by atoms with E-state index in [0.29, 0.717) is 6.42 Å². The summed E-state index contributed by atoms with van der Waals surface area (Å²) in [6, 6.07) is -0.207. The van der Waals surface area contributed by atoms with Crippen LogP contribution in [0.5, 0.6) is 0 Å². The number of aromatic carboxylic acids is 1. The molecule has 0 bridgehead atoms. The molecule has 0 aliphatic heterocycles. The van der Waals surface area contributed by atoms with E-state index in [-0.39, 0.29) is 28.0 Å². The highest BCUT2D eigenvalue weighted by molar-refractivity contribution is 7.89. The summed E-state index contributed by atoms with van der Waals surface area (Å²) in [4.78, 5) is 11.0. The molecule has 0 fully saturated rings. The van der Waals surface area contributed by atoms with Gasteiger partial charge in [-0.25, -0.2) is 13.2 Å². The molecular formula is C13H21NO5S. The minimum absolute atomic E-state index is 0.102. The van der Waals surface area contributed by atoms with E-state index in [1.165, 1.54) is 25.2 Å². The Labute approximate surface area is 119 Å². The molecule has 114 valence electrons. The Balaban J connectivity index is 3.40. The Morgan fingerprint density at radius 2 is 1.90 bits per heavy atom. The van der Waals surface area contributed by atoms with Crippen LogP contribution in [0.25, 0.3) is 0 Å². The lowest BCUT2D eigenvalue weighted by molar-refractivity contribution is 0.0691. The third-order valence-corrected chi connectivity index (χ3v) is 5.51. The molecule has 1 N–H and O–H groups in total. The van der Waals surface area contributed by atoms with Crippen molar-refractivity contribution in [1.29, 1.82) is 0 Å². The standard InChI is InChI=1S/C13H21NO5S/c1-6-7-8(2)14(5)20(17,18)12-10(4)19-9(3)11(12)13(15)16/h8H,6-7H2,1-5H3,(H,15,16). The maximum absolute atomic E-state index is 12.6. The zero-order chi connectivity index (χ0) is 15.7. The number of nitrogens with zero attached hydrogens (tertiary/aromatic N) is 1. The fourth-order valence-corrected chi connectivity index (χ4v) is 3.96. The zero-order valence-corrected chi connectivity index (χ0v) is 13.2. The maximum Gasteiger partial charge on any atom is 0.340 e.